The largest absolute Gasteiger partial charge is 0.456 e. The first-order valence-electron chi connectivity index (χ1n) is 40.9. The van der Waals surface area contributed by atoms with Crippen LogP contribution in [-0.4, -0.2) is 0 Å². The molecule has 0 aliphatic heterocycles. The van der Waals surface area contributed by atoms with E-state index >= 15 is 0 Å². The van der Waals surface area contributed by atoms with Crippen LogP contribution < -0.4 is 9.80 Å². The molecule has 0 radical (unpaired) electrons. The summed E-state index contributed by atoms with van der Waals surface area (Å²) in [6.07, 6.45) is 0. The van der Waals surface area contributed by atoms with Crippen molar-refractivity contribution in [2.45, 2.75) is 38.5 Å². The Balaban J connectivity index is 0.618. The van der Waals surface area contributed by atoms with Gasteiger partial charge in [-0.2, -0.15) is 0 Å². The van der Waals surface area contributed by atoms with Crippen LogP contribution in [0, 0.1) is 0 Å². The van der Waals surface area contributed by atoms with Crippen LogP contribution in [0.1, 0.15) is 49.9 Å². The van der Waals surface area contributed by atoms with Crippen molar-refractivity contribution < 1.29 is 8.83 Å². The van der Waals surface area contributed by atoms with Crippen molar-refractivity contribution in [1.82, 2.24) is 0 Å². The molecule has 0 unspecified atom stereocenters. The summed E-state index contributed by atoms with van der Waals surface area (Å²) in [6.45, 7) is 9.56. The topological polar surface area (TPSA) is 32.8 Å². The van der Waals surface area contributed by atoms with Gasteiger partial charge in [0, 0.05) is 60.6 Å². The molecule has 0 saturated carbocycles. The standard InChI is InChI=1S/C114H80N2O2/c1-113(2)102-66-85(81-48-44-79(45-49-81)77-40-36-75(37-41-77)73-22-9-5-10-23-73)53-60-94(102)96-63-56-90(71-104(96)113)115(106-33-19-17-30-92(106)83-26-13-7-14-27-83)89-58-65-110-101(70-89)99-62-55-88(69-111(99)117-110)87-52-59-93(84-28-15-8-16-29-84)108(68-87)116(107-34-21-32-100-98-31-18-20-35-109(98)118-112(100)107)91-57-64-97-95-61-54-86(67-103(95)114(3,4)105(97)72-91)82-50-46-80(47-51-82)78-42-38-76(39-43-78)74-24-11-6-12-25-74/h5-72H,1-4H3. The highest BCUT2D eigenvalue weighted by atomic mass is 16.3. The third kappa shape index (κ3) is 11.9. The quantitative estimate of drug-likeness (QED) is 0.102. The van der Waals surface area contributed by atoms with Crippen LogP contribution in [0.5, 0.6) is 0 Å². The van der Waals surface area contributed by atoms with Crippen molar-refractivity contribution in [3.05, 3.63) is 435 Å². The van der Waals surface area contributed by atoms with Gasteiger partial charge in [-0.1, -0.05) is 349 Å². The second kappa shape index (κ2) is 28.0. The van der Waals surface area contributed by atoms with Gasteiger partial charge in [0.25, 0.3) is 0 Å². The van der Waals surface area contributed by atoms with Gasteiger partial charge in [-0.25, -0.2) is 0 Å². The lowest BCUT2D eigenvalue weighted by molar-refractivity contribution is 0.660. The molecule has 20 aromatic rings. The van der Waals surface area contributed by atoms with Gasteiger partial charge in [-0.15, -0.1) is 0 Å². The van der Waals surface area contributed by atoms with Crippen molar-refractivity contribution in [2.24, 2.45) is 0 Å². The van der Waals surface area contributed by atoms with Gasteiger partial charge in [0.05, 0.1) is 17.1 Å². The number of hydrogen-bond donors (Lipinski definition) is 0. The highest BCUT2D eigenvalue weighted by Gasteiger charge is 2.39. The van der Waals surface area contributed by atoms with E-state index in [4.69, 9.17) is 8.83 Å². The maximum absolute atomic E-state index is 7.07. The van der Waals surface area contributed by atoms with Gasteiger partial charge in [0.2, 0.25) is 0 Å². The number of furan rings is 2. The Morgan fingerprint density at radius 2 is 0.508 bits per heavy atom. The summed E-state index contributed by atoms with van der Waals surface area (Å²) in [6, 6.07) is 151. The molecule has 4 heteroatoms. The minimum Gasteiger partial charge on any atom is -0.456 e. The van der Waals surface area contributed by atoms with E-state index in [1.54, 1.807) is 0 Å². The Morgan fingerprint density at radius 3 is 1.03 bits per heavy atom. The molecule has 2 aromatic heterocycles. The molecule has 0 saturated heterocycles. The van der Waals surface area contributed by atoms with Crippen LogP contribution in [0.3, 0.4) is 0 Å². The van der Waals surface area contributed by atoms with Gasteiger partial charge in [-0.3, -0.25) is 0 Å². The molecular weight excluding hydrogens is 1430 g/mol. The molecule has 0 amide bonds. The van der Waals surface area contributed by atoms with E-state index in [2.05, 4.69) is 450 Å². The molecule has 0 N–H and O–H groups in total. The molecule has 2 aliphatic rings. The normalized spacial score (nSPS) is 12.9. The molecule has 118 heavy (non-hydrogen) atoms. The van der Waals surface area contributed by atoms with Crippen LogP contribution in [0.4, 0.5) is 34.1 Å². The second-order valence-electron chi connectivity index (χ2n) is 32.7. The smallest absolute Gasteiger partial charge is 0.159 e. The Morgan fingerprint density at radius 1 is 0.178 bits per heavy atom. The average molecular weight is 1510 g/mol. The number of rotatable bonds is 15. The minimum absolute atomic E-state index is 0.305. The first kappa shape index (κ1) is 69.8. The zero-order valence-electron chi connectivity index (χ0n) is 66.0. The lowest BCUT2D eigenvalue weighted by Crippen LogP contribution is -2.17. The summed E-state index contributed by atoms with van der Waals surface area (Å²) in [4.78, 5) is 4.90. The number of fused-ring (bicyclic) bond motifs is 12. The average Bonchev–Trinajstić information content (AvgIpc) is 1.56. The molecule has 0 bridgehead atoms. The third-order valence-corrected chi connectivity index (χ3v) is 25.1. The van der Waals surface area contributed by atoms with E-state index in [0.717, 1.165) is 111 Å². The minimum atomic E-state index is -0.349. The Labute approximate surface area is 687 Å². The molecule has 0 fully saturated rings. The van der Waals surface area contributed by atoms with Crippen molar-refractivity contribution in [1.29, 1.82) is 0 Å². The third-order valence-electron chi connectivity index (χ3n) is 25.1. The second-order valence-corrected chi connectivity index (χ2v) is 32.7. The summed E-state index contributed by atoms with van der Waals surface area (Å²) in [5, 5.41) is 4.22. The van der Waals surface area contributed by atoms with Crippen LogP contribution in [0.15, 0.2) is 421 Å². The highest BCUT2D eigenvalue weighted by Crippen LogP contribution is 2.56. The number of nitrogens with zero attached hydrogens (tertiary/aromatic N) is 2. The maximum Gasteiger partial charge on any atom is 0.159 e. The maximum atomic E-state index is 7.07. The molecule has 0 spiro atoms. The fraction of sp³-hybridized carbons (Fsp3) is 0.0526. The van der Waals surface area contributed by atoms with E-state index in [1.165, 1.54) is 111 Å². The monoisotopic (exact) mass is 1510 g/mol. The van der Waals surface area contributed by atoms with Crippen LogP contribution in [0.2, 0.25) is 0 Å². The summed E-state index contributed by atoms with van der Waals surface area (Å²) in [7, 11) is 0. The molecule has 18 aromatic carbocycles. The summed E-state index contributed by atoms with van der Waals surface area (Å²) >= 11 is 0. The lowest BCUT2D eigenvalue weighted by Gasteiger charge is -2.30. The van der Waals surface area contributed by atoms with Crippen LogP contribution in [-0.2, 0) is 10.8 Å². The molecule has 2 heterocycles. The van der Waals surface area contributed by atoms with Crippen LogP contribution in [0.25, 0.3) is 166 Å². The number of benzene rings is 18. The van der Waals surface area contributed by atoms with Gasteiger partial charge in [-0.05, 0) is 225 Å². The van der Waals surface area contributed by atoms with E-state index in [-0.39, 0.29) is 10.8 Å². The first-order chi connectivity index (χ1) is 58.0. The lowest BCUT2D eigenvalue weighted by atomic mass is 9.81. The predicted molar refractivity (Wildman–Crippen MR) is 494 cm³/mol. The summed E-state index contributed by atoms with van der Waals surface area (Å²) in [5.41, 5.74) is 40.1. The zero-order chi connectivity index (χ0) is 78.7. The van der Waals surface area contributed by atoms with Gasteiger partial charge < -0.3 is 18.6 Å². The molecule has 2 aliphatic carbocycles. The first-order valence-corrected chi connectivity index (χ1v) is 40.9. The van der Waals surface area contributed by atoms with E-state index in [9.17, 15) is 0 Å². The fourth-order valence-electron chi connectivity index (χ4n) is 18.9. The highest BCUT2D eigenvalue weighted by molar-refractivity contribution is 6.12. The molecule has 0 atom stereocenters. The molecule has 4 nitrogen and oxygen atoms in total. The van der Waals surface area contributed by atoms with Crippen molar-refractivity contribution in [2.75, 3.05) is 9.80 Å². The van der Waals surface area contributed by atoms with E-state index in [1.807, 2.05) is 0 Å². The fourth-order valence-corrected chi connectivity index (χ4v) is 18.9. The van der Waals surface area contributed by atoms with Gasteiger partial charge in [0.15, 0.2) is 5.58 Å². The van der Waals surface area contributed by atoms with Crippen molar-refractivity contribution in [3.8, 4) is 122 Å². The summed E-state index contributed by atoms with van der Waals surface area (Å²) in [5.74, 6) is 0. The van der Waals surface area contributed by atoms with Crippen molar-refractivity contribution >= 4 is 78.0 Å². The molecular formula is C114H80N2O2. The Bertz CT molecular complexity index is 7300. The SMILES string of the molecule is CC1(C)c2cc(-c3ccc(-c4ccc(-c5ccccc5)cc4)cc3)ccc2-c2ccc(N(c3ccc4oc5cc(-c6ccc(-c7ccccc7)c(N(c7ccc8c(c7)C(C)(C)c7cc(-c9ccc(-c%10ccc(-c%11ccccc%11)cc%10)cc9)ccc7-8)c7cccc8c7oc7ccccc78)c6)ccc5c4c3)c3ccccc3-c3ccccc3)cc21. The van der Waals surface area contributed by atoms with E-state index in [0.29, 0.717) is 0 Å². The zero-order valence-corrected chi connectivity index (χ0v) is 66.0. The molecule has 558 valence electrons. The van der Waals surface area contributed by atoms with Crippen LogP contribution >= 0.6 is 0 Å². The van der Waals surface area contributed by atoms with Crippen molar-refractivity contribution in [3.63, 3.8) is 0 Å². The number of para-hydroxylation sites is 3. The number of hydrogen-bond acceptors (Lipinski definition) is 4. The Kier molecular flexibility index (Phi) is 16.6. The van der Waals surface area contributed by atoms with E-state index < -0.39 is 0 Å². The Hall–Kier alpha value is -14.8. The number of anilines is 6. The van der Waals surface area contributed by atoms with Gasteiger partial charge >= 0.3 is 0 Å². The molecule has 22 rings (SSSR count). The summed E-state index contributed by atoms with van der Waals surface area (Å²) < 4.78 is 14.1. The van der Waals surface area contributed by atoms with Gasteiger partial charge in [0.1, 0.15) is 16.7 Å². The predicted octanol–water partition coefficient (Wildman–Crippen LogP) is 32.0.